The first-order chi connectivity index (χ1) is 15.6. The van der Waals surface area contributed by atoms with Gasteiger partial charge in [-0.15, -0.1) is 0 Å². The van der Waals surface area contributed by atoms with Crippen molar-refractivity contribution < 1.29 is 9.59 Å². The van der Waals surface area contributed by atoms with E-state index < -0.39 is 0 Å². The lowest BCUT2D eigenvalue weighted by molar-refractivity contribution is -0.120. The Kier molecular flexibility index (Phi) is 4.96. The van der Waals surface area contributed by atoms with E-state index in [1.807, 2.05) is 34.9 Å². The smallest absolute Gasteiger partial charge is 0.253 e. The first kappa shape index (κ1) is 19.6. The zero-order chi connectivity index (χ0) is 22.1. The third-order valence-electron chi connectivity index (χ3n) is 5.74. The largest absolute Gasteiger partial charge is 0.338 e. The van der Waals surface area contributed by atoms with E-state index in [1.165, 1.54) is 0 Å². The van der Waals surface area contributed by atoms with Crippen LogP contribution in [0, 0.1) is 11.3 Å². The lowest BCUT2D eigenvalue weighted by Gasteiger charge is -2.26. The molecule has 1 fully saturated rings. The second kappa shape index (κ2) is 8.08. The molecule has 0 saturated carbocycles. The molecule has 4 aromatic rings. The zero-order valence-corrected chi connectivity index (χ0v) is 17.2. The van der Waals surface area contributed by atoms with Crippen molar-refractivity contribution in [2.75, 3.05) is 13.1 Å². The second-order valence-electron chi connectivity index (χ2n) is 7.74. The van der Waals surface area contributed by atoms with Gasteiger partial charge in [0.1, 0.15) is 5.78 Å². The number of amides is 1. The first-order valence-electron chi connectivity index (χ1n) is 10.4. The summed E-state index contributed by atoms with van der Waals surface area (Å²) < 4.78 is 1.97. The van der Waals surface area contributed by atoms with Crippen molar-refractivity contribution in [2.24, 2.45) is 0 Å². The number of rotatable bonds is 3. The summed E-state index contributed by atoms with van der Waals surface area (Å²) in [6, 6.07) is 16.9. The third-order valence-corrected chi connectivity index (χ3v) is 5.74. The summed E-state index contributed by atoms with van der Waals surface area (Å²) in [6.07, 6.45) is 6.28. The molecule has 7 heteroatoms. The van der Waals surface area contributed by atoms with Crippen LogP contribution in [0.3, 0.4) is 0 Å². The molecule has 32 heavy (non-hydrogen) atoms. The maximum absolute atomic E-state index is 12.7. The second-order valence-corrected chi connectivity index (χ2v) is 7.74. The van der Waals surface area contributed by atoms with Crippen molar-refractivity contribution in [3.63, 3.8) is 0 Å². The van der Waals surface area contributed by atoms with Gasteiger partial charge in [0, 0.05) is 48.8 Å². The number of carbonyl (C=O) groups excluding carboxylic acids is 2. The van der Waals surface area contributed by atoms with Gasteiger partial charge in [-0.25, -0.2) is 4.98 Å². The maximum atomic E-state index is 12.7. The van der Waals surface area contributed by atoms with Gasteiger partial charge in [0.15, 0.2) is 5.65 Å². The number of nitrogens with zero attached hydrogens (tertiary/aromatic N) is 5. The molecule has 7 nitrogen and oxygen atoms in total. The van der Waals surface area contributed by atoms with E-state index in [4.69, 9.17) is 5.26 Å². The fraction of sp³-hybridized carbons (Fsp3) is 0.160. The average Bonchev–Trinajstić information content (AvgIpc) is 3.27. The number of benzene rings is 2. The quantitative estimate of drug-likeness (QED) is 0.503. The van der Waals surface area contributed by atoms with Crippen molar-refractivity contribution in [3.05, 3.63) is 78.2 Å². The van der Waals surface area contributed by atoms with Crippen LogP contribution in [0.1, 0.15) is 28.8 Å². The molecule has 0 unspecified atom stereocenters. The van der Waals surface area contributed by atoms with Crippen molar-refractivity contribution in [1.82, 2.24) is 19.3 Å². The summed E-state index contributed by atoms with van der Waals surface area (Å²) in [5, 5.41) is 9.02. The summed E-state index contributed by atoms with van der Waals surface area (Å²) in [4.78, 5) is 34.8. The van der Waals surface area contributed by atoms with Crippen molar-refractivity contribution in [1.29, 1.82) is 5.26 Å². The predicted octanol–water partition coefficient (Wildman–Crippen LogP) is 3.74. The van der Waals surface area contributed by atoms with Gasteiger partial charge in [0.2, 0.25) is 0 Å². The fourth-order valence-electron chi connectivity index (χ4n) is 3.89. The van der Waals surface area contributed by atoms with E-state index in [9.17, 15) is 9.59 Å². The minimum atomic E-state index is -0.0508. The number of nitriles is 1. The maximum Gasteiger partial charge on any atom is 0.253 e. The van der Waals surface area contributed by atoms with Gasteiger partial charge in [0.25, 0.3) is 5.91 Å². The Morgan fingerprint density at radius 2 is 1.59 bits per heavy atom. The molecule has 5 rings (SSSR count). The van der Waals surface area contributed by atoms with Gasteiger partial charge in [-0.1, -0.05) is 24.3 Å². The lowest BCUT2D eigenvalue weighted by Crippen LogP contribution is -2.38. The van der Waals surface area contributed by atoms with E-state index in [2.05, 4.69) is 16.0 Å². The predicted molar refractivity (Wildman–Crippen MR) is 119 cm³/mol. The normalized spacial score (nSPS) is 13.8. The monoisotopic (exact) mass is 421 g/mol. The van der Waals surface area contributed by atoms with Crippen LogP contribution in [0.5, 0.6) is 0 Å². The molecule has 0 aliphatic carbocycles. The van der Waals surface area contributed by atoms with Crippen LogP contribution >= 0.6 is 0 Å². The van der Waals surface area contributed by atoms with E-state index in [1.54, 1.807) is 41.6 Å². The van der Waals surface area contributed by atoms with Gasteiger partial charge in [-0.05, 0) is 24.3 Å². The molecule has 2 aromatic carbocycles. The minimum Gasteiger partial charge on any atom is -0.338 e. The summed E-state index contributed by atoms with van der Waals surface area (Å²) in [6.45, 7) is 0.965. The van der Waals surface area contributed by atoms with Crippen molar-refractivity contribution >= 4 is 17.3 Å². The SMILES string of the molecule is N#Cc1ccc(-c2cnc3cnc(-c4ccc(C(=O)N5CCC(=O)CC5)cc4)cn23)cc1. The van der Waals surface area contributed by atoms with Crippen molar-refractivity contribution in [2.45, 2.75) is 12.8 Å². The number of ketones is 1. The number of aromatic nitrogens is 3. The molecule has 1 aliphatic rings. The Labute approximate surface area is 184 Å². The van der Waals surface area contributed by atoms with Crippen LogP contribution < -0.4 is 0 Å². The molecular weight excluding hydrogens is 402 g/mol. The molecule has 0 radical (unpaired) electrons. The van der Waals surface area contributed by atoms with Crippen LogP contribution in [0.4, 0.5) is 0 Å². The summed E-state index contributed by atoms with van der Waals surface area (Å²) >= 11 is 0. The molecule has 0 N–H and O–H groups in total. The Morgan fingerprint density at radius 1 is 0.906 bits per heavy atom. The van der Waals surface area contributed by atoms with Crippen LogP contribution in [0.2, 0.25) is 0 Å². The Hall–Kier alpha value is -4.31. The number of Topliss-reactive ketones (excluding diaryl/α,β-unsaturated/α-hetero) is 1. The van der Waals surface area contributed by atoms with Crippen LogP contribution in [0.25, 0.3) is 28.2 Å². The number of imidazole rings is 1. The zero-order valence-electron chi connectivity index (χ0n) is 17.2. The summed E-state index contributed by atoms with van der Waals surface area (Å²) in [7, 11) is 0. The molecule has 1 amide bonds. The average molecular weight is 421 g/mol. The fourth-order valence-corrected chi connectivity index (χ4v) is 3.89. The standard InChI is InChI=1S/C25H19N5O2/c26-13-17-1-3-19(4-2-17)23-14-28-24-15-27-22(16-30(23)24)18-5-7-20(8-6-18)25(32)29-11-9-21(31)10-12-29/h1-8,14-16H,9-12H2. The highest BCUT2D eigenvalue weighted by molar-refractivity contribution is 5.95. The van der Waals surface area contributed by atoms with Crippen LogP contribution in [-0.2, 0) is 4.79 Å². The summed E-state index contributed by atoms with van der Waals surface area (Å²) in [5.74, 6) is 0.163. The van der Waals surface area contributed by atoms with E-state index in [0.717, 1.165) is 28.2 Å². The number of carbonyl (C=O) groups is 2. The van der Waals surface area contributed by atoms with Gasteiger partial charge in [-0.2, -0.15) is 5.26 Å². The van der Waals surface area contributed by atoms with Gasteiger partial charge in [0.05, 0.1) is 35.4 Å². The van der Waals surface area contributed by atoms with Gasteiger partial charge < -0.3 is 4.90 Å². The Balaban J connectivity index is 1.42. The lowest BCUT2D eigenvalue weighted by atomic mass is 10.1. The number of hydrogen-bond donors (Lipinski definition) is 0. The molecule has 2 aromatic heterocycles. The number of likely N-dealkylation sites (tertiary alicyclic amines) is 1. The number of piperidine rings is 1. The highest BCUT2D eigenvalue weighted by atomic mass is 16.2. The van der Waals surface area contributed by atoms with E-state index >= 15 is 0 Å². The van der Waals surface area contributed by atoms with Crippen LogP contribution in [-0.4, -0.2) is 44.0 Å². The highest BCUT2D eigenvalue weighted by Crippen LogP contribution is 2.24. The van der Waals surface area contributed by atoms with Crippen molar-refractivity contribution in [3.8, 4) is 28.6 Å². The summed E-state index contributed by atoms with van der Waals surface area (Å²) in [5.41, 5.74) is 5.43. The van der Waals surface area contributed by atoms with E-state index in [0.29, 0.717) is 37.1 Å². The number of hydrogen-bond acceptors (Lipinski definition) is 5. The molecule has 1 aliphatic heterocycles. The Morgan fingerprint density at radius 3 is 2.28 bits per heavy atom. The Bertz CT molecular complexity index is 1350. The molecule has 1 saturated heterocycles. The van der Waals surface area contributed by atoms with Gasteiger partial charge in [-0.3, -0.25) is 19.0 Å². The molecule has 0 bridgehead atoms. The molecule has 0 spiro atoms. The van der Waals surface area contributed by atoms with E-state index in [-0.39, 0.29) is 11.7 Å². The highest BCUT2D eigenvalue weighted by Gasteiger charge is 2.21. The topological polar surface area (TPSA) is 91.4 Å². The van der Waals surface area contributed by atoms with Gasteiger partial charge >= 0.3 is 0 Å². The molecule has 156 valence electrons. The molecular formula is C25H19N5O2. The molecule has 3 heterocycles. The minimum absolute atomic E-state index is 0.0508. The van der Waals surface area contributed by atoms with Crippen LogP contribution in [0.15, 0.2) is 67.1 Å². The first-order valence-corrected chi connectivity index (χ1v) is 10.4. The number of fused-ring (bicyclic) bond motifs is 1. The molecule has 0 atom stereocenters. The third kappa shape index (κ3) is 3.63.